The summed E-state index contributed by atoms with van der Waals surface area (Å²) in [7, 11) is -3.68. The molecule has 0 aliphatic carbocycles. The Bertz CT molecular complexity index is 762. The van der Waals surface area contributed by atoms with E-state index in [2.05, 4.69) is 14.7 Å². The minimum Gasteiger partial charge on any atom is -0.478 e. The topological polar surface area (TPSA) is 109 Å². The first-order valence-corrected chi connectivity index (χ1v) is 7.69. The van der Waals surface area contributed by atoms with Gasteiger partial charge in [0.25, 0.3) is 0 Å². The van der Waals surface area contributed by atoms with Crippen LogP contribution in [0.15, 0.2) is 36.7 Å². The van der Waals surface area contributed by atoms with Crippen molar-refractivity contribution in [2.24, 2.45) is 0 Å². The van der Waals surface area contributed by atoms with E-state index in [-0.39, 0.29) is 22.3 Å². The van der Waals surface area contributed by atoms with Crippen LogP contribution in [0.5, 0.6) is 0 Å². The summed E-state index contributed by atoms with van der Waals surface area (Å²) in [6, 6.07) is 6.85. The fourth-order valence-corrected chi connectivity index (χ4v) is 2.83. The molecule has 0 fully saturated rings. The Morgan fingerprint density at radius 3 is 2.48 bits per heavy atom. The number of aromatic carboxylic acids is 1. The Kier molecular flexibility index (Phi) is 4.39. The summed E-state index contributed by atoms with van der Waals surface area (Å²) >= 11 is 5.64. The van der Waals surface area contributed by atoms with Crippen LogP contribution < -0.4 is 4.72 Å². The molecule has 7 nitrogen and oxygen atoms in total. The van der Waals surface area contributed by atoms with E-state index in [0.29, 0.717) is 5.56 Å². The molecule has 0 saturated carbocycles. The van der Waals surface area contributed by atoms with Gasteiger partial charge in [-0.1, -0.05) is 23.7 Å². The lowest BCUT2D eigenvalue weighted by Gasteiger charge is -2.07. The number of carbonyl (C=O) groups is 1. The van der Waals surface area contributed by atoms with Crippen LogP contribution in [0, 0.1) is 0 Å². The number of benzene rings is 1. The van der Waals surface area contributed by atoms with Gasteiger partial charge in [-0.25, -0.2) is 23.2 Å². The molecule has 2 N–H and O–H groups in total. The Hall–Kier alpha value is -2.19. The molecule has 2 rings (SSSR count). The fourth-order valence-electron chi connectivity index (χ4n) is 1.55. The summed E-state index contributed by atoms with van der Waals surface area (Å²) in [4.78, 5) is 18.1. The Morgan fingerprint density at radius 1 is 1.24 bits per heavy atom. The lowest BCUT2D eigenvalue weighted by atomic mass is 10.1. The van der Waals surface area contributed by atoms with E-state index in [9.17, 15) is 13.2 Å². The molecule has 0 unspecified atom stereocenters. The predicted molar refractivity (Wildman–Crippen MR) is 76.7 cm³/mol. The van der Waals surface area contributed by atoms with Gasteiger partial charge in [0, 0.05) is 6.07 Å². The van der Waals surface area contributed by atoms with Gasteiger partial charge in [-0.3, -0.25) is 4.72 Å². The van der Waals surface area contributed by atoms with Gasteiger partial charge in [0.15, 0.2) is 0 Å². The molecule has 0 spiro atoms. The highest BCUT2D eigenvalue weighted by atomic mass is 35.5. The summed E-state index contributed by atoms with van der Waals surface area (Å²) in [6.07, 6.45) is 1.14. The molecule has 1 aromatic carbocycles. The number of halogens is 1. The summed E-state index contributed by atoms with van der Waals surface area (Å²) in [5, 5.41) is 8.89. The maximum atomic E-state index is 12.0. The summed E-state index contributed by atoms with van der Waals surface area (Å²) in [5.41, 5.74) is 0.541. The zero-order valence-corrected chi connectivity index (χ0v) is 12.1. The quantitative estimate of drug-likeness (QED) is 0.810. The molecule has 0 aliphatic heterocycles. The van der Waals surface area contributed by atoms with Crippen molar-refractivity contribution in [3.8, 4) is 0 Å². The van der Waals surface area contributed by atoms with E-state index in [1.165, 1.54) is 30.3 Å². The van der Waals surface area contributed by atoms with E-state index in [4.69, 9.17) is 16.7 Å². The predicted octanol–water partition coefficient (Wildman–Crippen LogP) is 1.77. The van der Waals surface area contributed by atoms with Crippen molar-refractivity contribution in [3.63, 3.8) is 0 Å². The largest absolute Gasteiger partial charge is 0.478 e. The molecule has 0 radical (unpaired) electrons. The molecule has 0 atom stereocenters. The lowest BCUT2D eigenvalue weighted by Crippen LogP contribution is -2.16. The average molecular weight is 328 g/mol. The van der Waals surface area contributed by atoms with Gasteiger partial charge in [0.1, 0.15) is 17.3 Å². The first kappa shape index (κ1) is 15.2. The van der Waals surface area contributed by atoms with Gasteiger partial charge < -0.3 is 5.11 Å². The van der Waals surface area contributed by atoms with Gasteiger partial charge in [-0.15, -0.1) is 0 Å². The normalized spacial score (nSPS) is 11.1. The summed E-state index contributed by atoms with van der Waals surface area (Å²) < 4.78 is 26.2. The third-order valence-electron chi connectivity index (χ3n) is 2.45. The number of aromatic nitrogens is 2. The highest BCUT2D eigenvalue weighted by molar-refractivity contribution is 7.91. The van der Waals surface area contributed by atoms with Gasteiger partial charge in [-0.05, 0) is 17.7 Å². The third-order valence-corrected chi connectivity index (χ3v) is 3.89. The van der Waals surface area contributed by atoms with Crippen molar-refractivity contribution in [2.75, 3.05) is 4.72 Å². The van der Waals surface area contributed by atoms with Crippen molar-refractivity contribution in [2.45, 2.75) is 5.75 Å². The van der Waals surface area contributed by atoms with Crippen molar-refractivity contribution in [1.29, 1.82) is 0 Å². The maximum absolute atomic E-state index is 12.0. The van der Waals surface area contributed by atoms with Crippen molar-refractivity contribution in [1.82, 2.24) is 9.97 Å². The molecule has 21 heavy (non-hydrogen) atoms. The Balaban J connectivity index is 2.12. The Labute approximate surface area is 125 Å². The van der Waals surface area contributed by atoms with Crippen LogP contribution in [0.4, 0.5) is 5.82 Å². The van der Waals surface area contributed by atoms with Crippen LogP contribution in [0.25, 0.3) is 0 Å². The minimum absolute atomic E-state index is 0.0668. The number of nitrogens with one attached hydrogen (secondary N) is 1. The maximum Gasteiger partial charge on any atom is 0.335 e. The molecule has 0 saturated heterocycles. The lowest BCUT2D eigenvalue weighted by molar-refractivity contribution is 0.0697. The van der Waals surface area contributed by atoms with Crippen LogP contribution in [-0.2, 0) is 15.8 Å². The molecule has 2 aromatic rings. The second kappa shape index (κ2) is 6.06. The average Bonchev–Trinajstić information content (AvgIpc) is 2.38. The number of sulfonamides is 1. The number of hydrogen-bond acceptors (Lipinski definition) is 5. The van der Waals surface area contributed by atoms with E-state index in [0.717, 1.165) is 6.33 Å². The second-order valence-electron chi connectivity index (χ2n) is 4.09. The standard InChI is InChI=1S/C12H10ClN3O4S/c13-10-5-11(15-7-14-10)16-21(19,20)6-8-1-3-9(4-2-8)12(17)18/h1-5,7H,6H2,(H,17,18)(H,14,15,16). The monoisotopic (exact) mass is 327 g/mol. The van der Waals surface area contributed by atoms with E-state index < -0.39 is 16.0 Å². The number of rotatable bonds is 5. The molecule has 1 heterocycles. The van der Waals surface area contributed by atoms with Gasteiger partial charge in [-0.2, -0.15) is 0 Å². The number of carboxylic acid groups (broad SMARTS) is 1. The molecular formula is C12H10ClN3O4S. The van der Waals surface area contributed by atoms with Crippen LogP contribution in [0.2, 0.25) is 5.15 Å². The van der Waals surface area contributed by atoms with Crippen molar-refractivity contribution in [3.05, 3.63) is 52.9 Å². The van der Waals surface area contributed by atoms with E-state index in [1.807, 2.05) is 0 Å². The van der Waals surface area contributed by atoms with E-state index >= 15 is 0 Å². The molecule has 0 aliphatic rings. The number of carboxylic acids is 1. The number of nitrogens with zero attached hydrogens (tertiary/aromatic N) is 2. The van der Waals surface area contributed by atoms with Gasteiger partial charge in [0.2, 0.25) is 10.0 Å². The zero-order chi connectivity index (χ0) is 15.5. The first-order chi connectivity index (χ1) is 9.85. The van der Waals surface area contributed by atoms with Crippen LogP contribution >= 0.6 is 11.6 Å². The third kappa shape index (κ3) is 4.40. The van der Waals surface area contributed by atoms with Gasteiger partial charge >= 0.3 is 5.97 Å². The fraction of sp³-hybridized carbons (Fsp3) is 0.0833. The van der Waals surface area contributed by atoms with Crippen molar-refractivity contribution >= 4 is 33.4 Å². The smallest absolute Gasteiger partial charge is 0.335 e. The van der Waals surface area contributed by atoms with Gasteiger partial charge in [0.05, 0.1) is 11.3 Å². The highest BCUT2D eigenvalue weighted by Gasteiger charge is 2.13. The molecule has 1 aromatic heterocycles. The van der Waals surface area contributed by atoms with E-state index in [1.54, 1.807) is 0 Å². The SMILES string of the molecule is O=C(O)c1ccc(CS(=O)(=O)Nc2cc(Cl)ncn2)cc1. The Morgan fingerprint density at radius 2 is 1.90 bits per heavy atom. The second-order valence-corrected chi connectivity index (χ2v) is 6.20. The molecule has 0 bridgehead atoms. The number of hydrogen-bond donors (Lipinski definition) is 2. The summed E-state index contributed by atoms with van der Waals surface area (Å²) in [5.74, 6) is -1.32. The van der Waals surface area contributed by atoms with Crippen molar-refractivity contribution < 1.29 is 18.3 Å². The molecule has 110 valence electrons. The first-order valence-electron chi connectivity index (χ1n) is 5.66. The van der Waals surface area contributed by atoms with Crippen LogP contribution in [0.1, 0.15) is 15.9 Å². The molecule has 0 amide bonds. The highest BCUT2D eigenvalue weighted by Crippen LogP contribution is 2.13. The number of anilines is 1. The minimum atomic E-state index is -3.68. The summed E-state index contributed by atoms with van der Waals surface area (Å²) in [6.45, 7) is 0. The molecular weight excluding hydrogens is 318 g/mol. The zero-order valence-electron chi connectivity index (χ0n) is 10.5. The van der Waals surface area contributed by atoms with Crippen LogP contribution in [0.3, 0.4) is 0 Å². The molecule has 9 heteroatoms. The van der Waals surface area contributed by atoms with Crippen LogP contribution in [-0.4, -0.2) is 29.5 Å².